The number of carbonyl (C=O) groups is 1. The predicted molar refractivity (Wildman–Crippen MR) is 80.1 cm³/mol. The summed E-state index contributed by atoms with van der Waals surface area (Å²) in [7, 11) is 1.69. The Morgan fingerprint density at radius 1 is 1.20 bits per heavy atom. The lowest BCUT2D eigenvalue weighted by Crippen LogP contribution is -2.52. The molecule has 0 aliphatic heterocycles. The van der Waals surface area contributed by atoms with Gasteiger partial charge in [-0.15, -0.1) is 0 Å². The highest BCUT2D eigenvalue weighted by Gasteiger charge is 2.32. The first-order valence-corrected chi connectivity index (χ1v) is 7.27. The van der Waals surface area contributed by atoms with Crippen molar-refractivity contribution in [1.29, 1.82) is 0 Å². The molecule has 0 aromatic carbocycles. The second-order valence-electron chi connectivity index (χ2n) is 6.37. The molecule has 0 spiro atoms. The lowest BCUT2D eigenvalue weighted by Gasteiger charge is -2.28. The van der Waals surface area contributed by atoms with Gasteiger partial charge in [0, 0.05) is 26.4 Å². The first kappa shape index (κ1) is 19.4. The summed E-state index contributed by atoms with van der Waals surface area (Å²) < 4.78 is 10.9. The minimum atomic E-state index is -0.886. The minimum Gasteiger partial charge on any atom is -0.480 e. The number of nitrogens with one attached hydrogen (secondary N) is 1. The normalized spacial score (nSPS) is 15.3. The van der Waals surface area contributed by atoms with Gasteiger partial charge in [0.05, 0.1) is 5.60 Å². The van der Waals surface area contributed by atoms with E-state index in [0.29, 0.717) is 19.6 Å². The molecule has 0 aliphatic carbocycles. The fourth-order valence-corrected chi connectivity index (χ4v) is 1.93. The van der Waals surface area contributed by atoms with Crippen LogP contribution in [0.25, 0.3) is 0 Å². The Bertz CT molecular complexity index is 292. The van der Waals surface area contributed by atoms with E-state index in [9.17, 15) is 9.90 Å². The van der Waals surface area contributed by atoms with E-state index >= 15 is 0 Å². The van der Waals surface area contributed by atoms with Crippen LogP contribution >= 0.6 is 0 Å². The van der Waals surface area contributed by atoms with Crippen LogP contribution in [-0.4, -0.2) is 48.6 Å². The summed E-state index contributed by atoms with van der Waals surface area (Å²) in [4.78, 5) is 11.3. The molecule has 0 aromatic rings. The fourth-order valence-electron chi connectivity index (χ4n) is 1.93. The third-order valence-corrected chi connectivity index (χ3v) is 3.45. The third kappa shape index (κ3) is 7.82. The molecule has 0 saturated carbocycles. The SMILES string of the molecule is COC(C)(C)CCOCCCC(C)(NC(C)C)C(=O)O. The van der Waals surface area contributed by atoms with Crippen LogP contribution in [0.3, 0.4) is 0 Å². The van der Waals surface area contributed by atoms with Crippen LogP contribution in [0.2, 0.25) is 0 Å². The first-order chi connectivity index (χ1) is 9.13. The average molecular weight is 289 g/mol. The van der Waals surface area contributed by atoms with Crippen molar-refractivity contribution in [3.63, 3.8) is 0 Å². The molecule has 5 heteroatoms. The van der Waals surface area contributed by atoms with Crippen molar-refractivity contribution in [2.24, 2.45) is 0 Å². The number of aliphatic carboxylic acids is 1. The Labute approximate surface area is 123 Å². The van der Waals surface area contributed by atoms with E-state index in [1.165, 1.54) is 0 Å². The molecule has 0 heterocycles. The van der Waals surface area contributed by atoms with Crippen LogP contribution in [0, 0.1) is 0 Å². The number of carboxylic acid groups (broad SMARTS) is 1. The summed E-state index contributed by atoms with van der Waals surface area (Å²) in [5.74, 6) is -0.813. The highest BCUT2D eigenvalue weighted by atomic mass is 16.5. The van der Waals surface area contributed by atoms with Gasteiger partial charge in [0.15, 0.2) is 0 Å². The standard InChI is InChI=1S/C15H31NO4/c1-12(2)16-15(5,13(17)18)8-7-10-20-11-9-14(3,4)19-6/h12,16H,7-11H2,1-6H3,(H,17,18). The van der Waals surface area contributed by atoms with Crippen molar-refractivity contribution in [3.05, 3.63) is 0 Å². The Balaban J connectivity index is 3.94. The van der Waals surface area contributed by atoms with Gasteiger partial charge >= 0.3 is 5.97 Å². The maximum atomic E-state index is 11.3. The molecule has 5 nitrogen and oxygen atoms in total. The van der Waals surface area contributed by atoms with Gasteiger partial charge in [0.2, 0.25) is 0 Å². The molecule has 0 fully saturated rings. The van der Waals surface area contributed by atoms with Gasteiger partial charge < -0.3 is 14.6 Å². The summed E-state index contributed by atoms with van der Waals surface area (Å²) in [6, 6.07) is 0.138. The van der Waals surface area contributed by atoms with Crippen molar-refractivity contribution in [3.8, 4) is 0 Å². The maximum Gasteiger partial charge on any atom is 0.323 e. The van der Waals surface area contributed by atoms with Gasteiger partial charge in [0.1, 0.15) is 5.54 Å². The smallest absolute Gasteiger partial charge is 0.323 e. The predicted octanol–water partition coefficient (Wildman–Crippen LogP) is 2.44. The number of carboxylic acids is 1. The molecule has 20 heavy (non-hydrogen) atoms. The number of rotatable bonds is 11. The Hall–Kier alpha value is -0.650. The second-order valence-corrected chi connectivity index (χ2v) is 6.37. The quantitative estimate of drug-likeness (QED) is 0.572. The molecule has 1 unspecified atom stereocenters. The van der Waals surface area contributed by atoms with Gasteiger partial charge in [-0.05, 0) is 53.9 Å². The molecule has 2 N–H and O–H groups in total. The van der Waals surface area contributed by atoms with Crippen LogP contribution in [0.4, 0.5) is 0 Å². The molecular formula is C15H31NO4. The highest BCUT2D eigenvalue weighted by Crippen LogP contribution is 2.15. The molecule has 0 saturated heterocycles. The van der Waals surface area contributed by atoms with Gasteiger partial charge in [-0.25, -0.2) is 0 Å². The van der Waals surface area contributed by atoms with E-state index in [1.807, 2.05) is 27.7 Å². The zero-order valence-electron chi connectivity index (χ0n) is 13.8. The minimum absolute atomic E-state index is 0.138. The topological polar surface area (TPSA) is 67.8 Å². The van der Waals surface area contributed by atoms with E-state index in [4.69, 9.17) is 9.47 Å². The van der Waals surface area contributed by atoms with Gasteiger partial charge in [0.25, 0.3) is 0 Å². The molecule has 120 valence electrons. The van der Waals surface area contributed by atoms with E-state index in [2.05, 4.69) is 5.32 Å². The highest BCUT2D eigenvalue weighted by molar-refractivity contribution is 5.78. The largest absolute Gasteiger partial charge is 0.480 e. The van der Waals surface area contributed by atoms with Crippen LogP contribution in [0.5, 0.6) is 0 Å². The zero-order valence-corrected chi connectivity index (χ0v) is 13.8. The number of methoxy groups -OCH3 is 1. The molecule has 0 bridgehead atoms. The number of hydrogen-bond donors (Lipinski definition) is 2. The lowest BCUT2D eigenvalue weighted by atomic mass is 9.95. The average Bonchev–Trinajstić information content (AvgIpc) is 2.32. The summed E-state index contributed by atoms with van der Waals surface area (Å²) in [6.45, 7) is 10.9. The van der Waals surface area contributed by atoms with Crippen molar-refractivity contribution < 1.29 is 19.4 Å². The molecule has 1 atom stereocenters. The lowest BCUT2D eigenvalue weighted by molar-refractivity contribution is -0.144. The Morgan fingerprint density at radius 2 is 1.80 bits per heavy atom. The molecular weight excluding hydrogens is 258 g/mol. The van der Waals surface area contributed by atoms with Crippen LogP contribution in [0.1, 0.15) is 53.9 Å². The maximum absolute atomic E-state index is 11.3. The fraction of sp³-hybridized carbons (Fsp3) is 0.933. The molecule has 0 aliphatic rings. The molecule has 0 amide bonds. The van der Waals surface area contributed by atoms with Gasteiger partial charge in [-0.1, -0.05) is 0 Å². The van der Waals surface area contributed by atoms with Crippen molar-refractivity contribution in [2.75, 3.05) is 20.3 Å². The molecule has 0 rings (SSSR count). The van der Waals surface area contributed by atoms with Crippen LogP contribution in [0.15, 0.2) is 0 Å². The van der Waals surface area contributed by atoms with Crippen LogP contribution < -0.4 is 5.32 Å². The number of hydrogen-bond acceptors (Lipinski definition) is 4. The van der Waals surface area contributed by atoms with Crippen LogP contribution in [-0.2, 0) is 14.3 Å². The first-order valence-electron chi connectivity index (χ1n) is 7.27. The van der Waals surface area contributed by atoms with E-state index in [-0.39, 0.29) is 11.6 Å². The zero-order chi connectivity index (χ0) is 15.8. The second kappa shape index (κ2) is 8.60. The van der Waals surface area contributed by atoms with E-state index in [1.54, 1.807) is 14.0 Å². The van der Waals surface area contributed by atoms with Crippen molar-refractivity contribution >= 4 is 5.97 Å². The van der Waals surface area contributed by atoms with Crippen molar-refractivity contribution in [1.82, 2.24) is 5.32 Å². The molecule has 0 aromatic heterocycles. The summed E-state index contributed by atoms with van der Waals surface area (Å²) in [6.07, 6.45) is 2.09. The van der Waals surface area contributed by atoms with Gasteiger partial charge in [-0.2, -0.15) is 0 Å². The monoisotopic (exact) mass is 289 g/mol. The van der Waals surface area contributed by atoms with E-state index < -0.39 is 11.5 Å². The third-order valence-electron chi connectivity index (χ3n) is 3.45. The summed E-state index contributed by atoms with van der Waals surface area (Å²) in [5.41, 5.74) is -1.06. The van der Waals surface area contributed by atoms with E-state index in [0.717, 1.165) is 12.8 Å². The Morgan fingerprint density at radius 3 is 2.25 bits per heavy atom. The number of ether oxygens (including phenoxy) is 2. The summed E-state index contributed by atoms with van der Waals surface area (Å²) >= 11 is 0. The summed E-state index contributed by atoms with van der Waals surface area (Å²) in [5, 5.41) is 12.4. The van der Waals surface area contributed by atoms with Crippen molar-refractivity contribution in [2.45, 2.75) is 71.1 Å². The Kier molecular flexibility index (Phi) is 8.32. The van der Waals surface area contributed by atoms with Gasteiger partial charge in [-0.3, -0.25) is 10.1 Å². The molecule has 0 radical (unpaired) electrons.